The Hall–Kier alpha value is -1.54. The molecule has 22 heavy (non-hydrogen) atoms. The molecule has 3 unspecified atom stereocenters. The third-order valence-electron chi connectivity index (χ3n) is 5.45. The van der Waals surface area contributed by atoms with Gasteiger partial charge in [-0.25, -0.2) is 0 Å². The summed E-state index contributed by atoms with van der Waals surface area (Å²) in [5, 5.41) is 12.4. The molecule has 0 saturated carbocycles. The van der Waals surface area contributed by atoms with Crippen molar-refractivity contribution in [3.05, 3.63) is 33.8 Å². The van der Waals surface area contributed by atoms with Crippen LogP contribution in [0.15, 0.2) is 22.7 Å². The molecule has 1 aliphatic carbocycles. The van der Waals surface area contributed by atoms with Crippen LogP contribution in [-0.4, -0.2) is 28.9 Å². The minimum Gasteiger partial charge on any atom is -0.351 e. The molecule has 114 valence electrons. The van der Waals surface area contributed by atoms with Crippen molar-refractivity contribution < 1.29 is 4.79 Å². The van der Waals surface area contributed by atoms with Crippen molar-refractivity contribution in [2.45, 2.75) is 50.2 Å². The van der Waals surface area contributed by atoms with Crippen molar-refractivity contribution >= 4 is 21.8 Å². The Bertz CT molecular complexity index is 668. The molecular formula is C17H18BrN3O. The number of benzene rings is 1. The lowest BCUT2D eigenvalue weighted by Crippen LogP contribution is -2.45. The standard InChI is InChI=1S/C17H18BrN3O/c18-13-2-1-10-5-12(6-11(10)7-13)17(22)20-15-8-14-3-4-16(15)21(14)9-19/h1-2,7,12,14-16H,3-6,8H2,(H,20,22)/t12-,14?,15?,16?/m0/s1. The third-order valence-corrected chi connectivity index (χ3v) is 5.94. The van der Waals surface area contributed by atoms with Crippen LogP contribution < -0.4 is 5.32 Å². The van der Waals surface area contributed by atoms with Gasteiger partial charge in [-0.3, -0.25) is 4.79 Å². The number of nitriles is 1. The first-order chi connectivity index (χ1) is 10.7. The Labute approximate surface area is 138 Å². The van der Waals surface area contributed by atoms with Gasteiger partial charge in [0.15, 0.2) is 6.19 Å². The molecule has 1 aromatic rings. The summed E-state index contributed by atoms with van der Waals surface area (Å²) in [6.45, 7) is 0. The predicted octanol–water partition coefficient (Wildman–Crippen LogP) is 2.37. The Morgan fingerprint density at radius 2 is 2.14 bits per heavy atom. The van der Waals surface area contributed by atoms with Gasteiger partial charge < -0.3 is 10.2 Å². The summed E-state index contributed by atoms with van der Waals surface area (Å²) in [7, 11) is 0. The van der Waals surface area contributed by atoms with Crippen molar-refractivity contribution in [2.24, 2.45) is 5.92 Å². The zero-order valence-electron chi connectivity index (χ0n) is 12.3. The maximum atomic E-state index is 12.6. The second kappa shape index (κ2) is 5.27. The van der Waals surface area contributed by atoms with Crippen LogP contribution in [0.5, 0.6) is 0 Å². The van der Waals surface area contributed by atoms with Crippen LogP contribution in [0.2, 0.25) is 0 Å². The molecule has 2 fully saturated rings. The van der Waals surface area contributed by atoms with Gasteiger partial charge in [-0.1, -0.05) is 22.0 Å². The highest BCUT2D eigenvalue weighted by Crippen LogP contribution is 2.37. The molecule has 4 nitrogen and oxygen atoms in total. The smallest absolute Gasteiger partial charge is 0.224 e. The largest absolute Gasteiger partial charge is 0.351 e. The number of amides is 1. The topological polar surface area (TPSA) is 56.1 Å². The van der Waals surface area contributed by atoms with E-state index < -0.39 is 0 Å². The maximum Gasteiger partial charge on any atom is 0.224 e. The van der Waals surface area contributed by atoms with Crippen LogP contribution in [0.4, 0.5) is 0 Å². The first-order valence-electron chi connectivity index (χ1n) is 7.91. The summed E-state index contributed by atoms with van der Waals surface area (Å²) in [6.07, 6.45) is 6.99. The monoisotopic (exact) mass is 359 g/mol. The van der Waals surface area contributed by atoms with E-state index in [4.69, 9.17) is 0 Å². The molecule has 3 aliphatic rings. The molecule has 1 aromatic carbocycles. The second-order valence-electron chi connectivity index (χ2n) is 6.67. The molecule has 2 heterocycles. The Balaban J connectivity index is 1.42. The quantitative estimate of drug-likeness (QED) is 0.824. The number of halogens is 1. The fourth-order valence-electron chi connectivity index (χ4n) is 4.37. The lowest BCUT2D eigenvalue weighted by atomic mass is 9.94. The molecule has 0 spiro atoms. The molecule has 1 amide bonds. The fourth-order valence-corrected chi connectivity index (χ4v) is 4.78. The van der Waals surface area contributed by atoms with Crippen molar-refractivity contribution in [3.63, 3.8) is 0 Å². The molecule has 2 saturated heterocycles. The maximum absolute atomic E-state index is 12.6. The van der Waals surface area contributed by atoms with Gasteiger partial charge in [-0.05, 0) is 55.4 Å². The van der Waals surface area contributed by atoms with E-state index in [1.807, 2.05) is 11.0 Å². The van der Waals surface area contributed by atoms with Crippen LogP contribution in [0, 0.1) is 17.4 Å². The first kappa shape index (κ1) is 14.1. The number of nitrogens with zero attached hydrogens (tertiary/aromatic N) is 2. The number of nitrogens with one attached hydrogen (secondary N) is 1. The molecule has 0 radical (unpaired) electrons. The molecule has 5 heteroatoms. The summed E-state index contributed by atoms with van der Waals surface area (Å²) in [4.78, 5) is 14.5. The molecule has 4 atom stereocenters. The number of fused-ring (bicyclic) bond motifs is 3. The average Bonchev–Trinajstić information content (AvgIpc) is 3.17. The first-order valence-corrected chi connectivity index (χ1v) is 8.71. The van der Waals surface area contributed by atoms with E-state index in [2.05, 4.69) is 39.6 Å². The lowest BCUT2D eigenvalue weighted by molar-refractivity contribution is -0.125. The minimum atomic E-state index is 0.0407. The summed E-state index contributed by atoms with van der Waals surface area (Å²) in [5.74, 6) is 0.196. The lowest BCUT2D eigenvalue weighted by Gasteiger charge is -2.23. The van der Waals surface area contributed by atoms with E-state index in [0.29, 0.717) is 6.04 Å². The van der Waals surface area contributed by atoms with Crippen LogP contribution in [-0.2, 0) is 17.6 Å². The molecule has 2 aliphatic heterocycles. The highest BCUT2D eigenvalue weighted by Gasteiger charge is 2.47. The molecular weight excluding hydrogens is 342 g/mol. The minimum absolute atomic E-state index is 0.0407. The van der Waals surface area contributed by atoms with Gasteiger partial charge in [-0.2, -0.15) is 5.26 Å². The van der Waals surface area contributed by atoms with E-state index in [9.17, 15) is 10.1 Å². The van der Waals surface area contributed by atoms with Gasteiger partial charge in [0.1, 0.15) is 0 Å². The fraction of sp³-hybridized carbons (Fsp3) is 0.529. The van der Waals surface area contributed by atoms with Crippen LogP contribution in [0.25, 0.3) is 0 Å². The highest BCUT2D eigenvalue weighted by atomic mass is 79.9. The predicted molar refractivity (Wildman–Crippen MR) is 85.8 cm³/mol. The number of carbonyl (C=O) groups is 1. The van der Waals surface area contributed by atoms with Crippen LogP contribution in [0.1, 0.15) is 30.4 Å². The zero-order chi connectivity index (χ0) is 15.3. The van der Waals surface area contributed by atoms with Crippen LogP contribution in [0.3, 0.4) is 0 Å². The summed E-state index contributed by atoms with van der Waals surface area (Å²) in [6, 6.07) is 6.99. The van der Waals surface area contributed by atoms with Crippen molar-refractivity contribution in [2.75, 3.05) is 0 Å². The molecule has 1 N–H and O–H groups in total. The average molecular weight is 360 g/mol. The van der Waals surface area contributed by atoms with E-state index in [1.54, 1.807) is 0 Å². The summed E-state index contributed by atoms with van der Waals surface area (Å²) in [5.41, 5.74) is 2.57. The summed E-state index contributed by atoms with van der Waals surface area (Å²) < 4.78 is 1.07. The van der Waals surface area contributed by atoms with Crippen LogP contribution >= 0.6 is 15.9 Å². The second-order valence-corrected chi connectivity index (χ2v) is 7.59. The summed E-state index contributed by atoms with van der Waals surface area (Å²) >= 11 is 3.49. The Kier molecular flexibility index (Phi) is 3.37. The van der Waals surface area contributed by atoms with E-state index in [1.165, 1.54) is 11.1 Å². The molecule has 4 rings (SSSR count). The van der Waals surface area contributed by atoms with E-state index in [-0.39, 0.29) is 23.9 Å². The number of carbonyl (C=O) groups excluding carboxylic acids is 1. The third kappa shape index (κ3) is 2.21. The molecule has 0 aromatic heterocycles. The van der Waals surface area contributed by atoms with Gasteiger partial charge in [-0.15, -0.1) is 0 Å². The zero-order valence-corrected chi connectivity index (χ0v) is 13.8. The van der Waals surface area contributed by atoms with Gasteiger partial charge in [0.2, 0.25) is 5.91 Å². The molecule has 2 bridgehead atoms. The number of hydrogen-bond donors (Lipinski definition) is 1. The normalized spacial score (nSPS) is 31.9. The van der Waals surface area contributed by atoms with E-state index >= 15 is 0 Å². The van der Waals surface area contributed by atoms with E-state index in [0.717, 1.165) is 36.6 Å². The van der Waals surface area contributed by atoms with Crippen molar-refractivity contribution in [1.29, 1.82) is 5.26 Å². The van der Waals surface area contributed by atoms with Gasteiger partial charge in [0, 0.05) is 16.4 Å². The SMILES string of the molecule is N#CN1C2CCC1C(NC(=O)[C@H]1Cc3ccc(Br)cc3C1)C2. The Morgan fingerprint density at radius 3 is 2.91 bits per heavy atom. The van der Waals surface area contributed by atoms with Crippen molar-refractivity contribution in [3.8, 4) is 6.19 Å². The van der Waals surface area contributed by atoms with Crippen molar-refractivity contribution in [1.82, 2.24) is 10.2 Å². The number of rotatable bonds is 2. The Morgan fingerprint density at radius 1 is 1.32 bits per heavy atom. The number of hydrogen-bond acceptors (Lipinski definition) is 3. The highest BCUT2D eigenvalue weighted by molar-refractivity contribution is 9.10. The van der Waals surface area contributed by atoms with Gasteiger partial charge in [0.25, 0.3) is 0 Å². The van der Waals surface area contributed by atoms with Gasteiger partial charge >= 0.3 is 0 Å². The van der Waals surface area contributed by atoms with Gasteiger partial charge in [0.05, 0.1) is 12.1 Å².